The molecule has 0 aliphatic carbocycles. The molecule has 2 rings (SSSR count). The Morgan fingerprint density at radius 1 is 1.24 bits per heavy atom. The van der Waals surface area contributed by atoms with E-state index in [1.165, 1.54) is 0 Å². The summed E-state index contributed by atoms with van der Waals surface area (Å²) in [6.45, 7) is 0. The highest BCUT2D eigenvalue weighted by molar-refractivity contribution is 5.76. The van der Waals surface area contributed by atoms with Crippen molar-refractivity contribution in [1.82, 2.24) is 4.98 Å². The van der Waals surface area contributed by atoms with Crippen molar-refractivity contribution in [1.29, 1.82) is 0 Å². The van der Waals surface area contributed by atoms with Gasteiger partial charge in [0.05, 0.1) is 12.8 Å². The molecule has 0 bridgehead atoms. The molecule has 0 unspecified atom stereocenters. The van der Waals surface area contributed by atoms with Crippen molar-refractivity contribution in [3.63, 3.8) is 0 Å². The van der Waals surface area contributed by atoms with Crippen molar-refractivity contribution >= 4 is 6.29 Å². The van der Waals surface area contributed by atoms with Gasteiger partial charge in [-0.1, -0.05) is 12.1 Å². The van der Waals surface area contributed by atoms with E-state index >= 15 is 0 Å². The molecule has 17 heavy (non-hydrogen) atoms. The Balaban J connectivity index is 2.22. The molecule has 0 fully saturated rings. The van der Waals surface area contributed by atoms with Crippen LogP contribution in [0.2, 0.25) is 0 Å². The van der Waals surface area contributed by atoms with Gasteiger partial charge in [-0.05, 0) is 29.8 Å². The van der Waals surface area contributed by atoms with Crippen LogP contribution in [0.25, 0.3) is 0 Å². The number of aldehydes is 1. The van der Waals surface area contributed by atoms with Crippen LogP contribution < -0.4 is 4.74 Å². The minimum atomic E-state index is 0.642. The Bertz CT molecular complexity index is 506. The molecule has 0 N–H and O–H groups in total. The number of ether oxygens (including phenoxy) is 1. The number of hydrogen-bond donors (Lipinski definition) is 0. The van der Waals surface area contributed by atoms with E-state index in [4.69, 9.17) is 4.74 Å². The molecule has 3 heteroatoms. The molecule has 86 valence electrons. The van der Waals surface area contributed by atoms with E-state index < -0.39 is 0 Å². The second-order valence-electron chi connectivity index (χ2n) is 3.68. The molecular weight excluding hydrogens is 214 g/mol. The van der Waals surface area contributed by atoms with Crippen LogP contribution >= 0.6 is 0 Å². The molecular formula is C14H13NO2. The fourth-order valence-electron chi connectivity index (χ4n) is 1.64. The molecule has 2 aromatic rings. The quantitative estimate of drug-likeness (QED) is 0.753. The molecule has 0 saturated heterocycles. The molecule has 3 nitrogen and oxygen atoms in total. The monoisotopic (exact) mass is 227 g/mol. The third-order valence-electron chi connectivity index (χ3n) is 2.58. The lowest BCUT2D eigenvalue weighted by atomic mass is 10.1. The maximum Gasteiger partial charge on any atom is 0.151 e. The number of methoxy groups -OCH3 is 1. The van der Waals surface area contributed by atoms with Crippen LogP contribution in [0.1, 0.15) is 21.6 Å². The van der Waals surface area contributed by atoms with Crippen molar-refractivity contribution in [3.8, 4) is 5.75 Å². The first-order chi connectivity index (χ1) is 8.33. The maximum atomic E-state index is 10.9. The number of benzene rings is 1. The van der Waals surface area contributed by atoms with Gasteiger partial charge in [0.25, 0.3) is 0 Å². The van der Waals surface area contributed by atoms with E-state index in [0.29, 0.717) is 12.0 Å². The van der Waals surface area contributed by atoms with Gasteiger partial charge in [-0.25, -0.2) is 0 Å². The van der Waals surface area contributed by atoms with Crippen LogP contribution in [0.4, 0.5) is 0 Å². The van der Waals surface area contributed by atoms with Crippen molar-refractivity contribution in [2.45, 2.75) is 6.42 Å². The lowest BCUT2D eigenvalue weighted by Crippen LogP contribution is -1.97. The van der Waals surface area contributed by atoms with E-state index in [0.717, 1.165) is 23.3 Å². The lowest BCUT2D eigenvalue weighted by molar-refractivity contribution is 0.112. The molecule has 0 atom stereocenters. The van der Waals surface area contributed by atoms with Crippen LogP contribution in [-0.2, 0) is 6.42 Å². The fourth-order valence-corrected chi connectivity index (χ4v) is 1.64. The summed E-state index contributed by atoms with van der Waals surface area (Å²) in [5, 5.41) is 0. The Kier molecular flexibility index (Phi) is 3.50. The predicted octanol–water partition coefficient (Wildman–Crippen LogP) is 2.49. The Morgan fingerprint density at radius 2 is 2.00 bits per heavy atom. The fraction of sp³-hybridized carbons (Fsp3) is 0.143. The zero-order valence-electron chi connectivity index (χ0n) is 9.59. The summed E-state index contributed by atoms with van der Waals surface area (Å²) in [6.07, 6.45) is 3.19. The summed E-state index contributed by atoms with van der Waals surface area (Å²) in [5.41, 5.74) is 2.54. The summed E-state index contributed by atoms with van der Waals surface area (Å²) in [5.74, 6) is 0.824. The second kappa shape index (κ2) is 5.25. The van der Waals surface area contributed by atoms with Gasteiger partial charge in [0.1, 0.15) is 5.75 Å². The van der Waals surface area contributed by atoms with E-state index in [2.05, 4.69) is 4.98 Å². The van der Waals surface area contributed by atoms with Crippen molar-refractivity contribution in [2.75, 3.05) is 7.11 Å². The number of carbonyl (C=O) groups excluding carboxylic acids is 1. The third-order valence-corrected chi connectivity index (χ3v) is 2.58. The minimum absolute atomic E-state index is 0.642. The highest BCUT2D eigenvalue weighted by Gasteiger charge is 2.03. The summed E-state index contributed by atoms with van der Waals surface area (Å²) >= 11 is 0. The van der Waals surface area contributed by atoms with E-state index in [1.54, 1.807) is 25.4 Å². The molecule has 0 aliphatic heterocycles. The Labute approximate surface area is 100 Å². The lowest BCUT2D eigenvalue weighted by Gasteiger charge is -2.05. The van der Waals surface area contributed by atoms with Crippen LogP contribution in [0.3, 0.4) is 0 Å². The Morgan fingerprint density at radius 3 is 2.65 bits per heavy atom. The van der Waals surface area contributed by atoms with Gasteiger partial charge in [-0.2, -0.15) is 0 Å². The van der Waals surface area contributed by atoms with Gasteiger partial charge in [0.15, 0.2) is 6.29 Å². The van der Waals surface area contributed by atoms with Crippen LogP contribution in [-0.4, -0.2) is 18.4 Å². The standard InChI is InChI=1S/C14H13NO2/c1-17-13-6-4-11(5-7-13)9-14-12(10-16)3-2-8-15-14/h2-8,10H,9H2,1H3. The maximum absolute atomic E-state index is 10.9. The third kappa shape index (κ3) is 2.69. The first kappa shape index (κ1) is 11.3. The summed E-state index contributed by atoms with van der Waals surface area (Å²) < 4.78 is 5.09. The van der Waals surface area contributed by atoms with Crippen molar-refractivity contribution < 1.29 is 9.53 Å². The Hall–Kier alpha value is -2.16. The summed E-state index contributed by atoms with van der Waals surface area (Å²) in [4.78, 5) is 15.1. The average molecular weight is 227 g/mol. The van der Waals surface area contributed by atoms with Crippen LogP contribution in [0.15, 0.2) is 42.6 Å². The molecule has 0 spiro atoms. The van der Waals surface area contributed by atoms with Gasteiger partial charge in [-0.15, -0.1) is 0 Å². The molecule has 1 heterocycles. The predicted molar refractivity (Wildman–Crippen MR) is 65.4 cm³/mol. The number of rotatable bonds is 4. The molecule has 1 aromatic heterocycles. The summed E-state index contributed by atoms with van der Waals surface area (Å²) in [6, 6.07) is 11.3. The first-order valence-corrected chi connectivity index (χ1v) is 5.35. The van der Waals surface area contributed by atoms with Gasteiger partial charge < -0.3 is 4.74 Å². The molecule has 0 saturated carbocycles. The van der Waals surface area contributed by atoms with Crippen LogP contribution in [0.5, 0.6) is 5.75 Å². The number of carbonyl (C=O) groups is 1. The number of aromatic nitrogens is 1. The van der Waals surface area contributed by atoms with Gasteiger partial charge in [0, 0.05) is 18.2 Å². The van der Waals surface area contributed by atoms with Crippen molar-refractivity contribution in [2.24, 2.45) is 0 Å². The average Bonchev–Trinajstić information content (AvgIpc) is 2.40. The van der Waals surface area contributed by atoms with E-state index in [-0.39, 0.29) is 0 Å². The summed E-state index contributed by atoms with van der Waals surface area (Å²) in [7, 11) is 1.64. The second-order valence-corrected chi connectivity index (χ2v) is 3.68. The largest absolute Gasteiger partial charge is 0.497 e. The number of hydrogen-bond acceptors (Lipinski definition) is 3. The SMILES string of the molecule is COc1ccc(Cc2ncccc2C=O)cc1. The molecule has 0 radical (unpaired) electrons. The molecule has 0 amide bonds. The molecule has 0 aliphatic rings. The number of pyridine rings is 1. The van der Waals surface area contributed by atoms with Gasteiger partial charge in [0.2, 0.25) is 0 Å². The van der Waals surface area contributed by atoms with E-state index in [1.807, 2.05) is 24.3 Å². The van der Waals surface area contributed by atoms with Crippen LogP contribution in [0, 0.1) is 0 Å². The zero-order chi connectivity index (χ0) is 12.1. The minimum Gasteiger partial charge on any atom is -0.497 e. The highest BCUT2D eigenvalue weighted by Crippen LogP contribution is 2.15. The topological polar surface area (TPSA) is 39.2 Å². The van der Waals surface area contributed by atoms with Gasteiger partial charge >= 0.3 is 0 Å². The molecule has 1 aromatic carbocycles. The van der Waals surface area contributed by atoms with E-state index in [9.17, 15) is 4.79 Å². The normalized spacial score (nSPS) is 9.94. The van der Waals surface area contributed by atoms with Gasteiger partial charge in [-0.3, -0.25) is 9.78 Å². The first-order valence-electron chi connectivity index (χ1n) is 5.35. The highest BCUT2D eigenvalue weighted by atomic mass is 16.5. The van der Waals surface area contributed by atoms with Crippen molar-refractivity contribution in [3.05, 3.63) is 59.4 Å². The zero-order valence-corrected chi connectivity index (χ0v) is 9.59. The smallest absolute Gasteiger partial charge is 0.151 e. The number of nitrogens with zero attached hydrogens (tertiary/aromatic N) is 1.